The first-order valence-electron chi connectivity index (χ1n) is 8.62. The maximum Gasteiger partial charge on any atom is 0.230 e. The molecule has 0 aliphatic heterocycles. The molecule has 0 bridgehead atoms. The van der Waals surface area contributed by atoms with Crippen LogP contribution in [0.1, 0.15) is 17.5 Å². The molecule has 0 saturated carbocycles. The summed E-state index contributed by atoms with van der Waals surface area (Å²) in [6.45, 7) is 2.31. The third-order valence-electron chi connectivity index (χ3n) is 4.29. The van der Waals surface area contributed by atoms with Gasteiger partial charge in [0.25, 0.3) is 0 Å². The quantitative estimate of drug-likeness (QED) is 0.665. The Hall–Kier alpha value is -2.57. The van der Waals surface area contributed by atoms with E-state index in [9.17, 15) is 14.7 Å². The van der Waals surface area contributed by atoms with Gasteiger partial charge in [0, 0.05) is 17.1 Å². The average Bonchev–Trinajstić information content (AvgIpc) is 2.65. The van der Waals surface area contributed by atoms with Gasteiger partial charge in [-0.25, -0.2) is 0 Å². The van der Waals surface area contributed by atoms with Crippen molar-refractivity contribution < 1.29 is 24.7 Å². The molecule has 0 spiro atoms. The summed E-state index contributed by atoms with van der Waals surface area (Å²) >= 11 is 6.03. The molecule has 1 amide bonds. The Morgan fingerprint density at radius 3 is 2.56 bits per heavy atom. The number of nitrogens with one attached hydrogen (secondary N) is 1. The van der Waals surface area contributed by atoms with E-state index >= 15 is 0 Å². The minimum Gasteiger partial charge on any atom is -0.544 e. The summed E-state index contributed by atoms with van der Waals surface area (Å²) in [4.78, 5) is 23.6. The van der Waals surface area contributed by atoms with Crippen LogP contribution in [0.5, 0.6) is 5.75 Å². The van der Waals surface area contributed by atoms with E-state index in [0.29, 0.717) is 23.7 Å². The van der Waals surface area contributed by atoms with Crippen molar-refractivity contribution in [2.24, 2.45) is 0 Å². The lowest BCUT2D eigenvalue weighted by molar-refractivity contribution is -0.682. The van der Waals surface area contributed by atoms with Crippen LogP contribution in [-0.4, -0.2) is 31.6 Å². The average molecular weight is 391 g/mol. The highest BCUT2D eigenvalue weighted by atomic mass is 35.5. The Morgan fingerprint density at radius 1 is 1.22 bits per heavy atom. The summed E-state index contributed by atoms with van der Waals surface area (Å²) in [6, 6.07) is 11.8. The van der Waals surface area contributed by atoms with E-state index in [4.69, 9.17) is 16.3 Å². The number of methoxy groups -OCH3 is 1. The number of anilines is 1. The molecule has 6 nitrogen and oxygen atoms in total. The van der Waals surface area contributed by atoms with E-state index < -0.39 is 17.9 Å². The Balaban J connectivity index is 1.87. The molecule has 0 unspecified atom stereocenters. The van der Waals surface area contributed by atoms with Gasteiger partial charge >= 0.3 is 0 Å². The van der Waals surface area contributed by atoms with E-state index in [2.05, 4.69) is 5.32 Å². The highest BCUT2D eigenvalue weighted by Gasteiger charge is 2.19. The lowest BCUT2D eigenvalue weighted by Gasteiger charge is -2.17. The van der Waals surface area contributed by atoms with Crippen LogP contribution in [0.2, 0.25) is 5.02 Å². The summed E-state index contributed by atoms with van der Waals surface area (Å²) in [6.07, 6.45) is 0.486. The minimum absolute atomic E-state index is 0.184. The number of hydrogen-bond acceptors (Lipinski definition) is 4. The molecule has 27 heavy (non-hydrogen) atoms. The third-order valence-corrected chi connectivity index (χ3v) is 4.70. The fourth-order valence-electron chi connectivity index (χ4n) is 2.65. The normalized spacial score (nSPS) is 11.7. The van der Waals surface area contributed by atoms with Crippen molar-refractivity contribution in [3.05, 3.63) is 58.6 Å². The number of carboxylic acid groups (broad SMARTS) is 1. The molecule has 0 radical (unpaired) electrons. The van der Waals surface area contributed by atoms with Gasteiger partial charge in [0.2, 0.25) is 5.91 Å². The third kappa shape index (κ3) is 6.27. The molecule has 1 atom stereocenters. The van der Waals surface area contributed by atoms with Gasteiger partial charge in [0.05, 0.1) is 26.0 Å². The number of aliphatic carboxylic acids is 1. The topological polar surface area (TPSA) is 95.1 Å². The molecule has 2 rings (SSSR count). The first-order chi connectivity index (χ1) is 12.9. The van der Waals surface area contributed by atoms with Crippen LogP contribution in [0.4, 0.5) is 5.69 Å². The predicted molar refractivity (Wildman–Crippen MR) is 102 cm³/mol. The van der Waals surface area contributed by atoms with Crippen molar-refractivity contribution in [2.45, 2.75) is 25.8 Å². The Bertz CT molecular complexity index is 793. The van der Waals surface area contributed by atoms with Gasteiger partial charge < -0.3 is 25.3 Å². The fourth-order valence-corrected chi connectivity index (χ4v) is 2.82. The summed E-state index contributed by atoms with van der Waals surface area (Å²) in [5.41, 5.74) is 2.37. The van der Waals surface area contributed by atoms with Crippen molar-refractivity contribution in [1.29, 1.82) is 0 Å². The van der Waals surface area contributed by atoms with E-state index in [1.807, 2.05) is 24.3 Å². The second-order valence-electron chi connectivity index (χ2n) is 6.21. The monoisotopic (exact) mass is 390 g/mol. The number of amides is 1. The maximum atomic E-state index is 12.2. The number of ether oxygens (including phenoxy) is 1. The highest BCUT2D eigenvalue weighted by molar-refractivity contribution is 6.31. The van der Waals surface area contributed by atoms with Gasteiger partial charge in [0.15, 0.2) is 0 Å². The molecule has 7 heteroatoms. The highest BCUT2D eigenvalue weighted by Crippen LogP contribution is 2.23. The van der Waals surface area contributed by atoms with Gasteiger partial charge in [0.1, 0.15) is 11.8 Å². The van der Waals surface area contributed by atoms with Crippen molar-refractivity contribution in [3.63, 3.8) is 0 Å². The molecule has 3 N–H and O–H groups in total. The zero-order valence-corrected chi connectivity index (χ0v) is 16.1. The summed E-state index contributed by atoms with van der Waals surface area (Å²) in [5, 5.41) is 16.2. The number of carbonyl (C=O) groups excluding carboxylic acids is 2. The molecule has 2 aromatic carbocycles. The number of carbonyl (C=O) groups is 2. The number of benzene rings is 2. The van der Waals surface area contributed by atoms with Crippen LogP contribution < -0.4 is 20.5 Å². The molecule has 0 saturated heterocycles. The Morgan fingerprint density at radius 2 is 1.93 bits per heavy atom. The van der Waals surface area contributed by atoms with E-state index in [-0.39, 0.29) is 6.42 Å². The molecular formula is C20H23ClN2O4. The number of rotatable bonds is 9. The van der Waals surface area contributed by atoms with Crippen molar-refractivity contribution in [3.8, 4) is 5.75 Å². The minimum atomic E-state index is -1.26. The van der Waals surface area contributed by atoms with Crippen molar-refractivity contribution in [2.75, 3.05) is 19.0 Å². The van der Waals surface area contributed by atoms with E-state index in [1.165, 1.54) is 0 Å². The summed E-state index contributed by atoms with van der Waals surface area (Å²) in [5.74, 6) is -0.888. The molecule has 0 aromatic heterocycles. The number of nitrogens with two attached hydrogens (primary N) is 1. The van der Waals surface area contributed by atoms with E-state index in [1.54, 1.807) is 37.5 Å². The summed E-state index contributed by atoms with van der Waals surface area (Å²) < 4.78 is 5.11. The number of halogens is 1. The van der Waals surface area contributed by atoms with Gasteiger partial charge in [-0.05, 0) is 42.3 Å². The van der Waals surface area contributed by atoms with Gasteiger partial charge in [-0.15, -0.1) is 0 Å². The van der Waals surface area contributed by atoms with Crippen molar-refractivity contribution in [1.82, 2.24) is 0 Å². The number of quaternary nitrogens is 1. The van der Waals surface area contributed by atoms with Gasteiger partial charge in [-0.1, -0.05) is 29.8 Å². The standard InChI is InChI=1S/C20H23ClN2O4/c1-13-16(21)4-3-5-17(13)23-19(24)12-18(20(25)26)22-11-10-14-6-8-15(27-2)9-7-14/h3-9,18,22H,10-12H2,1-2H3,(H,23,24)(H,25,26)/t18-/m1/s1. The molecule has 2 aromatic rings. The Labute approximate surface area is 163 Å². The maximum absolute atomic E-state index is 12.2. The zero-order valence-electron chi connectivity index (χ0n) is 15.3. The lowest BCUT2D eigenvalue weighted by atomic mass is 10.1. The summed E-state index contributed by atoms with van der Waals surface area (Å²) in [7, 11) is 1.60. The van der Waals surface area contributed by atoms with Gasteiger partial charge in [-0.3, -0.25) is 4.79 Å². The predicted octanol–water partition coefficient (Wildman–Crippen LogP) is 0.910. The first-order valence-corrected chi connectivity index (χ1v) is 9.00. The molecule has 0 fully saturated rings. The van der Waals surface area contributed by atoms with Crippen LogP contribution in [-0.2, 0) is 16.0 Å². The fraction of sp³-hybridized carbons (Fsp3) is 0.300. The van der Waals surface area contributed by atoms with Crippen LogP contribution >= 0.6 is 11.6 Å². The SMILES string of the molecule is COc1ccc(CC[NH2+][C@H](CC(=O)Nc2cccc(Cl)c2C)C(=O)[O-])cc1. The van der Waals surface area contributed by atoms with Crippen molar-refractivity contribution >= 4 is 29.2 Å². The second kappa shape index (κ2) is 9.94. The van der Waals surface area contributed by atoms with Crippen LogP contribution in [0.3, 0.4) is 0 Å². The lowest BCUT2D eigenvalue weighted by Crippen LogP contribution is -2.93. The molecule has 0 aliphatic rings. The molecule has 0 aliphatic carbocycles. The molecule has 0 heterocycles. The molecular weight excluding hydrogens is 368 g/mol. The second-order valence-corrected chi connectivity index (χ2v) is 6.62. The zero-order chi connectivity index (χ0) is 19.8. The smallest absolute Gasteiger partial charge is 0.230 e. The number of hydrogen-bond donors (Lipinski definition) is 2. The number of carboxylic acids is 1. The largest absolute Gasteiger partial charge is 0.544 e. The van der Waals surface area contributed by atoms with E-state index in [0.717, 1.165) is 16.9 Å². The van der Waals surface area contributed by atoms with Crippen LogP contribution in [0.15, 0.2) is 42.5 Å². The Kier molecular flexibility index (Phi) is 7.64. The molecule has 144 valence electrons. The van der Waals surface area contributed by atoms with Gasteiger partial charge in [-0.2, -0.15) is 0 Å². The van der Waals surface area contributed by atoms with Crippen LogP contribution in [0.25, 0.3) is 0 Å². The van der Waals surface area contributed by atoms with Crippen LogP contribution in [0, 0.1) is 6.92 Å². The first kappa shape index (κ1) is 20.7.